The van der Waals surface area contributed by atoms with Crippen LogP contribution in [0.3, 0.4) is 0 Å². The van der Waals surface area contributed by atoms with Gasteiger partial charge in [0.25, 0.3) is 5.56 Å². The molecule has 0 saturated heterocycles. The van der Waals surface area contributed by atoms with E-state index in [9.17, 15) is 18.0 Å². The van der Waals surface area contributed by atoms with Gasteiger partial charge >= 0.3 is 6.18 Å². The molecule has 2 N–H and O–H groups in total. The quantitative estimate of drug-likeness (QED) is 0.306. The molecule has 38 heavy (non-hydrogen) atoms. The summed E-state index contributed by atoms with van der Waals surface area (Å²) < 4.78 is 40.5. The van der Waals surface area contributed by atoms with Gasteiger partial charge in [0.05, 0.1) is 6.33 Å². The second kappa shape index (κ2) is 9.73. The lowest BCUT2D eigenvalue weighted by atomic mass is 9.97. The van der Waals surface area contributed by atoms with Crippen LogP contribution in [0.5, 0.6) is 0 Å². The summed E-state index contributed by atoms with van der Waals surface area (Å²) in [5.41, 5.74) is 2.26. The van der Waals surface area contributed by atoms with Crippen LogP contribution in [-0.4, -0.2) is 29.5 Å². The molecule has 5 rings (SSSR count). The van der Waals surface area contributed by atoms with Gasteiger partial charge in [-0.25, -0.2) is 19.9 Å². The number of hydrogen-bond donors (Lipinski definition) is 2. The number of imidazole rings is 1. The van der Waals surface area contributed by atoms with Gasteiger partial charge in [-0.15, -0.1) is 0 Å². The zero-order valence-electron chi connectivity index (χ0n) is 20.8. The molecule has 194 valence electrons. The molecule has 0 atom stereocenters. The molecule has 11 heteroatoms. The summed E-state index contributed by atoms with van der Waals surface area (Å²) in [6, 6.07) is 14.8. The Labute approximate surface area is 215 Å². The molecule has 0 saturated carbocycles. The topological polar surface area (TPSA) is 101 Å². The number of hydrogen-bond acceptors (Lipinski definition) is 6. The number of fused-ring (bicyclic) bond motifs is 1. The summed E-state index contributed by atoms with van der Waals surface area (Å²) in [6.07, 6.45) is -2.24. The van der Waals surface area contributed by atoms with Crippen molar-refractivity contribution < 1.29 is 13.2 Å². The highest BCUT2D eigenvalue weighted by Gasteiger charge is 2.34. The molecule has 0 unspecified atom stereocenters. The van der Waals surface area contributed by atoms with Gasteiger partial charge in [-0.3, -0.25) is 4.79 Å². The molecule has 0 amide bonds. The molecule has 0 fully saturated rings. The molecule has 0 bridgehead atoms. The fourth-order valence-electron chi connectivity index (χ4n) is 4.26. The van der Waals surface area contributed by atoms with Crippen LogP contribution in [0.2, 0.25) is 0 Å². The number of H-pyrrole nitrogens is 1. The van der Waals surface area contributed by atoms with Gasteiger partial charge in [-0.05, 0) is 17.0 Å². The zero-order chi connectivity index (χ0) is 27.0. The average Bonchev–Trinajstić information content (AvgIpc) is 3.29. The summed E-state index contributed by atoms with van der Waals surface area (Å²) in [7, 11) is 1.52. The van der Waals surface area contributed by atoms with Crippen LogP contribution in [0, 0.1) is 0 Å². The normalized spacial score (nSPS) is 11.9. The minimum atomic E-state index is -4.51. The fourth-order valence-corrected chi connectivity index (χ4v) is 4.26. The van der Waals surface area contributed by atoms with Gasteiger partial charge in [0, 0.05) is 30.9 Å². The number of benzene rings is 2. The van der Waals surface area contributed by atoms with Gasteiger partial charge in [-0.2, -0.15) is 13.2 Å². The Hall–Kier alpha value is -4.54. The van der Waals surface area contributed by atoms with Crippen molar-refractivity contribution in [3.05, 3.63) is 88.2 Å². The maximum atomic E-state index is 13.0. The van der Waals surface area contributed by atoms with Crippen molar-refractivity contribution in [1.29, 1.82) is 0 Å². The zero-order valence-corrected chi connectivity index (χ0v) is 20.8. The summed E-state index contributed by atoms with van der Waals surface area (Å²) in [5.74, 6) is 1.23. The Bertz CT molecular complexity index is 1670. The van der Waals surface area contributed by atoms with Crippen LogP contribution >= 0.6 is 0 Å². The summed E-state index contributed by atoms with van der Waals surface area (Å²) >= 11 is 0. The van der Waals surface area contributed by atoms with E-state index in [1.807, 2.05) is 24.3 Å². The van der Waals surface area contributed by atoms with E-state index in [0.29, 0.717) is 23.8 Å². The first kappa shape index (κ1) is 25.1. The minimum Gasteiger partial charge on any atom is -0.365 e. The predicted octanol–water partition coefficient (Wildman–Crippen LogP) is 5.53. The van der Waals surface area contributed by atoms with Gasteiger partial charge < -0.3 is 14.9 Å². The molecule has 3 aromatic heterocycles. The molecule has 0 spiro atoms. The van der Waals surface area contributed by atoms with Crippen molar-refractivity contribution in [3.63, 3.8) is 0 Å². The minimum absolute atomic E-state index is 0.213. The van der Waals surface area contributed by atoms with Gasteiger partial charge in [-0.1, -0.05) is 62.4 Å². The number of aromatic amines is 1. The monoisotopic (exact) mass is 519 g/mol. The van der Waals surface area contributed by atoms with E-state index in [2.05, 4.69) is 39.1 Å². The van der Waals surface area contributed by atoms with E-state index in [4.69, 9.17) is 4.98 Å². The van der Waals surface area contributed by atoms with E-state index >= 15 is 0 Å². The number of aryl methyl sites for hydroxylation is 1. The third-order valence-corrected chi connectivity index (χ3v) is 6.16. The molecule has 0 aliphatic carbocycles. The van der Waals surface area contributed by atoms with E-state index < -0.39 is 11.9 Å². The number of rotatable bonds is 6. The molecular weight excluding hydrogens is 495 g/mol. The second-order valence-corrected chi connectivity index (χ2v) is 9.18. The van der Waals surface area contributed by atoms with E-state index in [1.54, 1.807) is 24.3 Å². The maximum absolute atomic E-state index is 13.0. The SMILES string of the molecule is CC(C)c1ccccc1-c1nc(NCc2ccc(-c3nc(C(F)(F)F)cn3C)cc2)c2c(=O)[nH]cnc2n1. The van der Waals surface area contributed by atoms with E-state index in [1.165, 1.54) is 17.9 Å². The highest BCUT2D eigenvalue weighted by atomic mass is 19.4. The van der Waals surface area contributed by atoms with E-state index in [-0.39, 0.29) is 28.3 Å². The molecule has 5 aromatic rings. The fraction of sp³-hybridized carbons (Fsp3) is 0.222. The molecular formula is C27H24F3N7O. The Morgan fingerprint density at radius 3 is 2.45 bits per heavy atom. The number of nitrogens with one attached hydrogen (secondary N) is 2. The van der Waals surface area contributed by atoms with Gasteiger partial charge in [0.1, 0.15) is 17.0 Å². The van der Waals surface area contributed by atoms with Crippen LogP contribution < -0.4 is 10.9 Å². The van der Waals surface area contributed by atoms with E-state index in [0.717, 1.165) is 22.9 Å². The largest absolute Gasteiger partial charge is 0.434 e. The Balaban J connectivity index is 1.46. The molecule has 0 radical (unpaired) electrons. The Morgan fingerprint density at radius 2 is 1.76 bits per heavy atom. The molecule has 0 aliphatic heterocycles. The van der Waals surface area contributed by atoms with Crippen molar-refractivity contribution in [3.8, 4) is 22.8 Å². The standard InChI is InChI=1S/C27H24F3N7O/c1-15(2)18-6-4-5-7-19(18)22-35-23(21-24(36-22)32-14-33-26(21)38)31-12-16-8-10-17(11-9-16)25-34-20(13-37(25)3)27(28,29)30/h4-11,13-15H,12H2,1-3H3,(H2,31,32,33,35,36,38). The summed E-state index contributed by atoms with van der Waals surface area (Å²) in [5, 5.41) is 3.46. The molecule has 0 aliphatic rings. The molecule has 8 nitrogen and oxygen atoms in total. The van der Waals surface area contributed by atoms with Crippen molar-refractivity contribution >= 4 is 16.9 Å². The number of halogens is 3. The smallest absolute Gasteiger partial charge is 0.365 e. The number of aromatic nitrogens is 6. The van der Waals surface area contributed by atoms with Crippen molar-refractivity contribution in [1.82, 2.24) is 29.5 Å². The number of alkyl halides is 3. The first-order chi connectivity index (χ1) is 18.1. The average molecular weight is 520 g/mol. The van der Waals surface area contributed by atoms with Gasteiger partial charge in [0.15, 0.2) is 17.2 Å². The lowest BCUT2D eigenvalue weighted by molar-refractivity contribution is -0.140. The molecule has 2 aromatic carbocycles. The van der Waals surface area contributed by atoms with Crippen LogP contribution in [0.15, 0.2) is 65.8 Å². The highest BCUT2D eigenvalue weighted by Crippen LogP contribution is 2.31. The lowest BCUT2D eigenvalue weighted by Gasteiger charge is -2.14. The second-order valence-electron chi connectivity index (χ2n) is 9.18. The Morgan fingerprint density at radius 1 is 1.03 bits per heavy atom. The van der Waals surface area contributed by atoms with Crippen molar-refractivity contribution in [2.75, 3.05) is 5.32 Å². The number of anilines is 1. The van der Waals surface area contributed by atoms with Gasteiger partial charge in [0.2, 0.25) is 0 Å². The van der Waals surface area contributed by atoms with Crippen molar-refractivity contribution in [2.24, 2.45) is 7.05 Å². The highest BCUT2D eigenvalue weighted by molar-refractivity contribution is 5.87. The third-order valence-electron chi connectivity index (χ3n) is 6.16. The van der Waals surface area contributed by atoms with Crippen LogP contribution in [0.25, 0.3) is 33.8 Å². The van der Waals surface area contributed by atoms with Crippen LogP contribution in [0.4, 0.5) is 19.0 Å². The maximum Gasteiger partial charge on any atom is 0.434 e. The predicted molar refractivity (Wildman–Crippen MR) is 138 cm³/mol. The van der Waals surface area contributed by atoms with Crippen LogP contribution in [0.1, 0.15) is 36.6 Å². The lowest BCUT2D eigenvalue weighted by Crippen LogP contribution is -2.13. The first-order valence-corrected chi connectivity index (χ1v) is 11.9. The summed E-state index contributed by atoms with van der Waals surface area (Å²) in [4.78, 5) is 32.5. The molecule has 3 heterocycles. The van der Waals surface area contributed by atoms with Crippen LogP contribution in [-0.2, 0) is 19.8 Å². The first-order valence-electron chi connectivity index (χ1n) is 11.9. The third kappa shape index (κ3) is 4.86. The number of nitrogens with zero attached hydrogens (tertiary/aromatic N) is 5. The Kier molecular flexibility index (Phi) is 6.43. The summed E-state index contributed by atoms with van der Waals surface area (Å²) in [6.45, 7) is 4.47. The van der Waals surface area contributed by atoms with Crippen molar-refractivity contribution in [2.45, 2.75) is 32.5 Å².